The van der Waals surface area contributed by atoms with Gasteiger partial charge in [-0.15, -0.1) is 0 Å². The lowest BCUT2D eigenvalue weighted by atomic mass is 10.2. The van der Waals surface area contributed by atoms with Crippen molar-refractivity contribution in [2.45, 2.75) is 19.8 Å². The maximum Gasteiger partial charge on any atom is 0.339 e. The van der Waals surface area contributed by atoms with Gasteiger partial charge in [0.2, 0.25) is 0 Å². The third-order valence-corrected chi connectivity index (χ3v) is 4.25. The average molecular weight is 442 g/mol. The predicted octanol–water partition coefficient (Wildman–Crippen LogP) is 2.56. The molecule has 0 heterocycles. The van der Waals surface area contributed by atoms with Crippen molar-refractivity contribution in [1.29, 1.82) is 0 Å². The van der Waals surface area contributed by atoms with Gasteiger partial charge in [-0.1, -0.05) is 25.5 Å². The van der Waals surface area contributed by atoms with Crippen LogP contribution in [0.2, 0.25) is 0 Å². The zero-order chi connectivity index (χ0) is 23.3. The molecule has 0 unspecified atom stereocenters. The summed E-state index contributed by atoms with van der Waals surface area (Å²) in [5.74, 6) is -1.83. The molecule has 0 aliphatic rings. The first kappa shape index (κ1) is 24.4. The summed E-state index contributed by atoms with van der Waals surface area (Å²) in [7, 11) is 1.23. The quantitative estimate of drug-likeness (QED) is 0.405. The highest BCUT2D eigenvalue weighted by Gasteiger charge is 2.15. The fourth-order valence-electron chi connectivity index (χ4n) is 2.55. The van der Waals surface area contributed by atoms with E-state index in [9.17, 15) is 19.2 Å². The van der Waals surface area contributed by atoms with Crippen molar-refractivity contribution in [1.82, 2.24) is 5.32 Å². The van der Waals surface area contributed by atoms with Gasteiger partial charge in [-0.05, 0) is 42.8 Å². The van der Waals surface area contributed by atoms with E-state index in [2.05, 4.69) is 22.3 Å². The summed E-state index contributed by atoms with van der Waals surface area (Å²) in [5, 5.41) is 4.91. The molecular weight excluding hydrogens is 416 g/mol. The van der Waals surface area contributed by atoms with Crippen molar-refractivity contribution in [3.63, 3.8) is 0 Å². The summed E-state index contributed by atoms with van der Waals surface area (Å²) in [4.78, 5) is 47.7. The van der Waals surface area contributed by atoms with Crippen LogP contribution in [-0.2, 0) is 19.1 Å². The summed E-state index contributed by atoms with van der Waals surface area (Å²) in [6.45, 7) is 1.70. The monoisotopic (exact) mass is 442 g/mol. The first-order chi connectivity index (χ1) is 15.4. The van der Waals surface area contributed by atoms with Crippen LogP contribution < -0.4 is 15.4 Å². The molecule has 0 saturated carbocycles. The van der Waals surface area contributed by atoms with Gasteiger partial charge >= 0.3 is 11.9 Å². The van der Waals surface area contributed by atoms with Gasteiger partial charge in [-0.25, -0.2) is 4.79 Å². The minimum Gasteiger partial charge on any atom is -0.494 e. The van der Waals surface area contributed by atoms with E-state index in [1.807, 2.05) is 0 Å². The first-order valence-electron chi connectivity index (χ1n) is 10.1. The van der Waals surface area contributed by atoms with Crippen LogP contribution in [0, 0.1) is 0 Å². The van der Waals surface area contributed by atoms with Gasteiger partial charge in [0, 0.05) is 5.56 Å². The van der Waals surface area contributed by atoms with Gasteiger partial charge in [0.15, 0.2) is 6.61 Å². The molecule has 2 aromatic carbocycles. The Morgan fingerprint density at radius 3 is 2.38 bits per heavy atom. The van der Waals surface area contributed by atoms with Crippen LogP contribution in [0.4, 0.5) is 5.69 Å². The van der Waals surface area contributed by atoms with Crippen LogP contribution in [0.25, 0.3) is 0 Å². The average Bonchev–Trinajstić information content (AvgIpc) is 2.81. The predicted molar refractivity (Wildman–Crippen MR) is 117 cm³/mol. The number of para-hydroxylation sites is 1. The molecule has 0 aromatic heterocycles. The van der Waals surface area contributed by atoms with Crippen molar-refractivity contribution < 1.29 is 33.4 Å². The molecule has 0 aliphatic carbocycles. The summed E-state index contributed by atoms with van der Waals surface area (Å²) in [6, 6.07) is 12.8. The molecular formula is C23H26N2O7. The van der Waals surface area contributed by atoms with Gasteiger partial charge < -0.3 is 24.8 Å². The van der Waals surface area contributed by atoms with E-state index < -0.39 is 36.9 Å². The van der Waals surface area contributed by atoms with Crippen LogP contribution in [-0.4, -0.2) is 50.6 Å². The summed E-state index contributed by atoms with van der Waals surface area (Å²) in [5.41, 5.74) is 0.761. The molecule has 2 amide bonds. The molecule has 2 aromatic rings. The number of carbonyl (C=O) groups excluding carboxylic acids is 4. The van der Waals surface area contributed by atoms with E-state index in [-0.39, 0.29) is 11.3 Å². The van der Waals surface area contributed by atoms with Crippen molar-refractivity contribution >= 4 is 29.4 Å². The van der Waals surface area contributed by atoms with Crippen LogP contribution in [0.3, 0.4) is 0 Å². The van der Waals surface area contributed by atoms with Crippen LogP contribution in [0.1, 0.15) is 40.5 Å². The van der Waals surface area contributed by atoms with Gasteiger partial charge in [-0.3, -0.25) is 14.4 Å². The number of nitrogens with one attached hydrogen (secondary N) is 2. The fourth-order valence-corrected chi connectivity index (χ4v) is 2.55. The summed E-state index contributed by atoms with van der Waals surface area (Å²) < 4.78 is 15.0. The largest absolute Gasteiger partial charge is 0.494 e. The summed E-state index contributed by atoms with van der Waals surface area (Å²) >= 11 is 0. The van der Waals surface area contributed by atoms with Crippen molar-refractivity contribution in [3.8, 4) is 5.75 Å². The number of hydrogen-bond donors (Lipinski definition) is 2. The Kier molecular flexibility index (Phi) is 9.70. The third-order valence-electron chi connectivity index (χ3n) is 4.25. The second kappa shape index (κ2) is 12.7. The number of hydrogen-bond acceptors (Lipinski definition) is 7. The maximum atomic E-state index is 12.1. The lowest BCUT2D eigenvalue weighted by Crippen LogP contribution is -2.32. The lowest BCUT2D eigenvalue weighted by Gasteiger charge is -2.10. The van der Waals surface area contributed by atoms with Crippen molar-refractivity contribution in [3.05, 3.63) is 59.7 Å². The zero-order valence-corrected chi connectivity index (χ0v) is 18.0. The molecule has 0 atom stereocenters. The lowest BCUT2D eigenvalue weighted by molar-refractivity contribution is -0.146. The van der Waals surface area contributed by atoms with Crippen LogP contribution in [0.15, 0.2) is 48.5 Å². The summed E-state index contributed by atoms with van der Waals surface area (Å²) in [6.07, 6.45) is 1.97. The normalized spacial score (nSPS) is 10.1. The van der Waals surface area contributed by atoms with E-state index >= 15 is 0 Å². The highest BCUT2D eigenvalue weighted by Crippen LogP contribution is 2.16. The topological polar surface area (TPSA) is 120 Å². The van der Waals surface area contributed by atoms with E-state index in [4.69, 9.17) is 9.47 Å². The molecule has 2 rings (SSSR count). The number of carbonyl (C=O) groups is 4. The Bertz CT molecular complexity index is 942. The second-order valence-corrected chi connectivity index (χ2v) is 6.66. The van der Waals surface area contributed by atoms with Crippen molar-refractivity contribution in [2.24, 2.45) is 0 Å². The molecule has 0 radical (unpaired) electrons. The third kappa shape index (κ3) is 7.75. The number of rotatable bonds is 11. The number of unbranched alkanes of at least 4 members (excludes halogenated alkanes) is 1. The Labute approximate surface area is 186 Å². The molecule has 0 spiro atoms. The van der Waals surface area contributed by atoms with Gasteiger partial charge in [0.05, 0.1) is 25.0 Å². The molecule has 9 heteroatoms. The van der Waals surface area contributed by atoms with E-state index in [1.54, 1.807) is 36.4 Å². The van der Waals surface area contributed by atoms with Crippen LogP contribution >= 0.6 is 0 Å². The molecule has 2 N–H and O–H groups in total. The number of amides is 2. The smallest absolute Gasteiger partial charge is 0.339 e. The number of anilines is 1. The fraction of sp³-hybridized carbons (Fsp3) is 0.304. The van der Waals surface area contributed by atoms with Gasteiger partial charge in [-0.2, -0.15) is 0 Å². The van der Waals surface area contributed by atoms with Crippen molar-refractivity contribution in [2.75, 3.05) is 32.2 Å². The van der Waals surface area contributed by atoms with Gasteiger partial charge in [0.1, 0.15) is 12.3 Å². The Hall–Kier alpha value is -3.88. The molecule has 9 nitrogen and oxygen atoms in total. The van der Waals surface area contributed by atoms with Gasteiger partial charge in [0.25, 0.3) is 11.8 Å². The molecule has 0 bridgehead atoms. The molecule has 0 fully saturated rings. The highest BCUT2D eigenvalue weighted by molar-refractivity contribution is 6.02. The Morgan fingerprint density at radius 2 is 1.69 bits per heavy atom. The number of ether oxygens (including phenoxy) is 3. The van der Waals surface area contributed by atoms with Crippen LogP contribution in [0.5, 0.6) is 5.75 Å². The zero-order valence-electron chi connectivity index (χ0n) is 18.0. The highest BCUT2D eigenvalue weighted by atomic mass is 16.5. The number of esters is 2. The Morgan fingerprint density at radius 1 is 0.969 bits per heavy atom. The second-order valence-electron chi connectivity index (χ2n) is 6.66. The number of benzene rings is 2. The molecule has 0 saturated heterocycles. The maximum absolute atomic E-state index is 12.1. The molecule has 32 heavy (non-hydrogen) atoms. The SMILES string of the molecule is CCCCOc1ccc(C(=O)NCC(=O)OCC(=O)Nc2ccccc2C(=O)OC)cc1. The Balaban J connectivity index is 1.76. The number of methoxy groups -OCH3 is 1. The van der Waals surface area contributed by atoms with E-state index in [0.29, 0.717) is 17.9 Å². The van der Waals surface area contributed by atoms with E-state index in [0.717, 1.165) is 12.8 Å². The molecule has 0 aliphatic heterocycles. The standard InChI is InChI=1S/C23H26N2O7/c1-3-4-13-31-17-11-9-16(10-12-17)22(28)24-14-21(27)32-15-20(26)25-19-8-6-5-7-18(19)23(29)30-2/h5-12H,3-4,13-15H2,1-2H3,(H,24,28)(H,25,26). The first-order valence-corrected chi connectivity index (χ1v) is 10.1. The van der Waals surface area contributed by atoms with E-state index in [1.165, 1.54) is 19.2 Å². The minimum absolute atomic E-state index is 0.170. The minimum atomic E-state index is -0.783. The molecule has 170 valence electrons.